The minimum atomic E-state index is -0.378. The van der Waals surface area contributed by atoms with Gasteiger partial charge in [-0.3, -0.25) is 0 Å². The molecular weight excluding hydrogens is 205 g/mol. The molecule has 1 aromatic carbocycles. The molecule has 1 aliphatic carbocycles. The highest BCUT2D eigenvalue weighted by Crippen LogP contribution is 2.18. The first kappa shape index (κ1) is 10.9. The third-order valence-electron chi connectivity index (χ3n) is 2.49. The quantitative estimate of drug-likeness (QED) is 0.743. The summed E-state index contributed by atoms with van der Waals surface area (Å²) in [5, 5.41) is 15.1. The molecule has 84 valence electrons. The smallest absolute Gasteiger partial charge is 0.126 e. The molecule has 16 heavy (non-hydrogen) atoms. The number of hydrogen-bond acceptors (Lipinski definition) is 3. The van der Waals surface area contributed by atoms with E-state index in [1.54, 1.807) is 6.07 Å². The monoisotopic (exact) mass is 219 g/mol. The Bertz CT molecular complexity index is 407. The summed E-state index contributed by atoms with van der Waals surface area (Å²) in [6.45, 7) is 1.61. The van der Waals surface area contributed by atoms with Crippen LogP contribution in [0.15, 0.2) is 18.2 Å². The maximum atomic E-state index is 13.1. The lowest BCUT2D eigenvalue weighted by Crippen LogP contribution is -2.23. The zero-order valence-electron chi connectivity index (χ0n) is 8.96. The SMILES string of the molecule is N#Cc1cc(F)cc(NCCNC2CC2)c1. The molecule has 0 aliphatic heterocycles. The van der Waals surface area contributed by atoms with Crippen molar-refractivity contribution < 1.29 is 4.39 Å². The van der Waals surface area contributed by atoms with Gasteiger partial charge in [-0.05, 0) is 31.0 Å². The Kier molecular flexibility index (Phi) is 3.37. The highest BCUT2D eigenvalue weighted by Gasteiger charge is 2.19. The molecule has 1 aliphatic rings. The molecule has 1 fully saturated rings. The minimum Gasteiger partial charge on any atom is -0.384 e. The minimum absolute atomic E-state index is 0.345. The molecule has 0 aromatic heterocycles. The van der Waals surface area contributed by atoms with Crippen molar-refractivity contribution in [1.82, 2.24) is 5.32 Å². The molecule has 4 heteroatoms. The van der Waals surface area contributed by atoms with Crippen molar-refractivity contribution in [2.45, 2.75) is 18.9 Å². The Morgan fingerprint density at radius 2 is 2.12 bits per heavy atom. The van der Waals surface area contributed by atoms with E-state index >= 15 is 0 Å². The van der Waals surface area contributed by atoms with Crippen LogP contribution in [-0.2, 0) is 0 Å². The maximum absolute atomic E-state index is 13.1. The van der Waals surface area contributed by atoms with E-state index in [1.807, 2.05) is 6.07 Å². The Labute approximate surface area is 94.3 Å². The second-order valence-electron chi connectivity index (χ2n) is 4.00. The van der Waals surface area contributed by atoms with Gasteiger partial charge in [0, 0.05) is 24.8 Å². The van der Waals surface area contributed by atoms with Gasteiger partial charge in [0.1, 0.15) is 5.82 Å². The van der Waals surface area contributed by atoms with Gasteiger partial charge in [-0.15, -0.1) is 0 Å². The number of nitriles is 1. The lowest BCUT2D eigenvalue weighted by atomic mass is 10.2. The number of rotatable bonds is 5. The van der Waals surface area contributed by atoms with Crippen LogP contribution in [0.4, 0.5) is 10.1 Å². The summed E-state index contributed by atoms with van der Waals surface area (Å²) in [4.78, 5) is 0. The fourth-order valence-corrected chi connectivity index (χ4v) is 1.53. The van der Waals surface area contributed by atoms with E-state index < -0.39 is 0 Å². The number of nitrogens with zero attached hydrogens (tertiary/aromatic N) is 1. The fourth-order valence-electron chi connectivity index (χ4n) is 1.53. The van der Waals surface area contributed by atoms with E-state index in [4.69, 9.17) is 5.26 Å². The third-order valence-corrected chi connectivity index (χ3v) is 2.49. The molecular formula is C12H14FN3. The standard InChI is InChI=1S/C12H14FN3/c13-10-5-9(8-14)6-12(7-10)16-4-3-15-11-1-2-11/h5-7,11,15-16H,1-4H2. The molecule has 2 N–H and O–H groups in total. The van der Waals surface area contributed by atoms with Crippen LogP contribution in [0.2, 0.25) is 0 Å². The van der Waals surface area contributed by atoms with Gasteiger partial charge in [-0.2, -0.15) is 5.26 Å². The van der Waals surface area contributed by atoms with Crippen LogP contribution < -0.4 is 10.6 Å². The van der Waals surface area contributed by atoms with Gasteiger partial charge in [0.2, 0.25) is 0 Å². The fraction of sp³-hybridized carbons (Fsp3) is 0.417. The van der Waals surface area contributed by atoms with Crippen molar-refractivity contribution in [2.24, 2.45) is 0 Å². The normalized spacial score (nSPS) is 14.5. The van der Waals surface area contributed by atoms with E-state index in [1.165, 1.54) is 25.0 Å². The van der Waals surface area contributed by atoms with E-state index in [-0.39, 0.29) is 5.82 Å². The Morgan fingerprint density at radius 1 is 1.31 bits per heavy atom. The van der Waals surface area contributed by atoms with Crippen LogP contribution in [0.3, 0.4) is 0 Å². The first-order valence-corrected chi connectivity index (χ1v) is 5.46. The molecule has 0 spiro atoms. The van der Waals surface area contributed by atoms with Crippen molar-refractivity contribution >= 4 is 5.69 Å². The van der Waals surface area contributed by atoms with Gasteiger partial charge >= 0.3 is 0 Å². The molecule has 0 heterocycles. The highest BCUT2D eigenvalue weighted by atomic mass is 19.1. The van der Waals surface area contributed by atoms with Gasteiger partial charge in [-0.1, -0.05) is 0 Å². The molecule has 0 amide bonds. The van der Waals surface area contributed by atoms with Crippen LogP contribution in [-0.4, -0.2) is 19.1 Å². The average Bonchev–Trinajstić information content (AvgIpc) is 3.07. The van der Waals surface area contributed by atoms with Crippen molar-refractivity contribution in [3.05, 3.63) is 29.6 Å². The van der Waals surface area contributed by atoms with E-state index in [9.17, 15) is 4.39 Å². The van der Waals surface area contributed by atoms with Gasteiger partial charge in [0.15, 0.2) is 0 Å². The molecule has 0 bridgehead atoms. The maximum Gasteiger partial charge on any atom is 0.126 e. The Hall–Kier alpha value is -1.60. The molecule has 0 radical (unpaired) electrons. The summed E-state index contributed by atoms with van der Waals surface area (Å²) in [5.41, 5.74) is 1.01. The predicted octanol–water partition coefficient (Wildman–Crippen LogP) is 1.86. The van der Waals surface area contributed by atoms with Gasteiger partial charge < -0.3 is 10.6 Å². The van der Waals surface area contributed by atoms with E-state index in [0.717, 1.165) is 13.1 Å². The number of anilines is 1. The lowest BCUT2D eigenvalue weighted by molar-refractivity contribution is 0.627. The Morgan fingerprint density at radius 3 is 2.81 bits per heavy atom. The largest absolute Gasteiger partial charge is 0.384 e. The topological polar surface area (TPSA) is 47.9 Å². The van der Waals surface area contributed by atoms with E-state index in [0.29, 0.717) is 17.3 Å². The molecule has 3 nitrogen and oxygen atoms in total. The van der Waals surface area contributed by atoms with Crippen LogP contribution in [0.1, 0.15) is 18.4 Å². The van der Waals surface area contributed by atoms with Crippen molar-refractivity contribution in [3.63, 3.8) is 0 Å². The second-order valence-corrected chi connectivity index (χ2v) is 4.00. The highest BCUT2D eigenvalue weighted by molar-refractivity contribution is 5.49. The first-order chi connectivity index (χ1) is 7.78. The zero-order valence-corrected chi connectivity index (χ0v) is 8.96. The van der Waals surface area contributed by atoms with Gasteiger partial charge in [-0.25, -0.2) is 4.39 Å². The molecule has 1 aromatic rings. The van der Waals surface area contributed by atoms with Crippen LogP contribution in [0.5, 0.6) is 0 Å². The van der Waals surface area contributed by atoms with Crippen LogP contribution in [0.25, 0.3) is 0 Å². The third kappa shape index (κ3) is 3.21. The zero-order chi connectivity index (χ0) is 11.4. The summed E-state index contributed by atoms with van der Waals surface area (Å²) in [7, 11) is 0. The summed E-state index contributed by atoms with van der Waals surface area (Å²) in [6.07, 6.45) is 2.52. The number of benzene rings is 1. The summed E-state index contributed by atoms with van der Waals surface area (Å²) >= 11 is 0. The summed E-state index contributed by atoms with van der Waals surface area (Å²) in [6, 6.07) is 6.90. The van der Waals surface area contributed by atoms with Crippen molar-refractivity contribution in [3.8, 4) is 6.07 Å². The predicted molar refractivity (Wildman–Crippen MR) is 60.6 cm³/mol. The summed E-state index contributed by atoms with van der Waals surface area (Å²) < 4.78 is 13.1. The first-order valence-electron chi connectivity index (χ1n) is 5.46. The molecule has 0 saturated heterocycles. The van der Waals surface area contributed by atoms with Crippen molar-refractivity contribution in [1.29, 1.82) is 5.26 Å². The second kappa shape index (κ2) is 4.95. The van der Waals surface area contributed by atoms with Crippen molar-refractivity contribution in [2.75, 3.05) is 18.4 Å². The lowest BCUT2D eigenvalue weighted by Gasteiger charge is -2.07. The molecule has 2 rings (SSSR count). The number of hydrogen-bond donors (Lipinski definition) is 2. The van der Waals surface area contributed by atoms with Gasteiger partial charge in [0.05, 0.1) is 11.6 Å². The Balaban J connectivity index is 1.83. The molecule has 0 atom stereocenters. The number of halogens is 1. The summed E-state index contributed by atoms with van der Waals surface area (Å²) in [5.74, 6) is -0.378. The van der Waals surface area contributed by atoms with Crippen LogP contribution >= 0.6 is 0 Å². The molecule has 0 unspecified atom stereocenters. The van der Waals surface area contributed by atoms with Crippen LogP contribution in [0, 0.1) is 17.1 Å². The van der Waals surface area contributed by atoms with Gasteiger partial charge in [0.25, 0.3) is 0 Å². The number of nitrogens with one attached hydrogen (secondary N) is 2. The molecule has 1 saturated carbocycles. The average molecular weight is 219 g/mol. The van der Waals surface area contributed by atoms with E-state index in [2.05, 4.69) is 10.6 Å².